The summed E-state index contributed by atoms with van der Waals surface area (Å²) in [5, 5.41) is 2.46. The summed E-state index contributed by atoms with van der Waals surface area (Å²) in [6.45, 7) is -0.201. The topological polar surface area (TPSA) is 75.7 Å². The summed E-state index contributed by atoms with van der Waals surface area (Å²) in [7, 11) is -3.80. The van der Waals surface area contributed by atoms with Gasteiger partial charge in [0, 0.05) is 5.69 Å². The number of sulfonamides is 1. The summed E-state index contributed by atoms with van der Waals surface area (Å²) in [5.41, 5.74) is 1.28. The minimum absolute atomic E-state index is 0.139. The first-order valence-corrected chi connectivity index (χ1v) is 11.4. The van der Waals surface area contributed by atoms with E-state index in [1.54, 1.807) is 48.5 Å². The van der Waals surface area contributed by atoms with Gasteiger partial charge in [-0.25, -0.2) is 12.8 Å². The number of fused-ring (bicyclic) bond motifs is 1. The van der Waals surface area contributed by atoms with Gasteiger partial charge in [-0.05, 0) is 35.9 Å². The number of halogens is 2. The van der Waals surface area contributed by atoms with Gasteiger partial charge in [-0.3, -0.25) is 9.10 Å². The van der Waals surface area contributed by atoms with Crippen molar-refractivity contribution in [1.82, 2.24) is 0 Å². The van der Waals surface area contributed by atoms with Gasteiger partial charge in [0.25, 0.3) is 5.91 Å². The summed E-state index contributed by atoms with van der Waals surface area (Å²) in [6, 6.07) is 19.2. The van der Waals surface area contributed by atoms with E-state index in [0.717, 1.165) is 6.07 Å². The van der Waals surface area contributed by atoms with E-state index in [9.17, 15) is 17.6 Å². The van der Waals surface area contributed by atoms with Crippen LogP contribution in [0.2, 0.25) is 5.02 Å². The fourth-order valence-corrected chi connectivity index (χ4v) is 5.02. The highest BCUT2D eigenvalue weighted by Crippen LogP contribution is 2.36. The Morgan fingerprint density at radius 1 is 1.10 bits per heavy atom. The molecule has 9 heteroatoms. The highest BCUT2D eigenvalue weighted by Gasteiger charge is 2.36. The van der Waals surface area contributed by atoms with Gasteiger partial charge < -0.3 is 10.1 Å². The summed E-state index contributed by atoms with van der Waals surface area (Å²) < 4.78 is 46.8. The van der Waals surface area contributed by atoms with Crippen LogP contribution in [-0.4, -0.2) is 27.0 Å². The molecule has 0 bridgehead atoms. The minimum atomic E-state index is -3.80. The smallest absolute Gasteiger partial charge is 0.267 e. The second-order valence-corrected chi connectivity index (χ2v) is 9.27. The fourth-order valence-electron chi connectivity index (χ4n) is 3.26. The Morgan fingerprint density at radius 3 is 2.55 bits per heavy atom. The molecule has 1 aliphatic heterocycles. The van der Waals surface area contributed by atoms with Crippen LogP contribution in [0.4, 0.5) is 15.8 Å². The number of ether oxygens (including phenoxy) is 1. The van der Waals surface area contributed by atoms with Crippen LogP contribution in [0.1, 0.15) is 5.56 Å². The molecule has 1 amide bonds. The number of hydrogen-bond acceptors (Lipinski definition) is 4. The number of carbonyl (C=O) groups excluding carboxylic acids is 1. The molecular weight excluding hydrogens is 443 g/mol. The lowest BCUT2D eigenvalue weighted by atomic mass is 10.2. The van der Waals surface area contributed by atoms with Crippen molar-refractivity contribution in [2.45, 2.75) is 11.9 Å². The van der Waals surface area contributed by atoms with Crippen LogP contribution in [0.25, 0.3) is 0 Å². The second-order valence-electron chi connectivity index (χ2n) is 6.97. The predicted octanol–water partition coefficient (Wildman–Crippen LogP) is 4.22. The average molecular weight is 461 g/mol. The Labute approximate surface area is 184 Å². The lowest BCUT2D eigenvalue weighted by Gasteiger charge is -2.34. The highest BCUT2D eigenvalue weighted by atomic mass is 35.5. The highest BCUT2D eigenvalue weighted by molar-refractivity contribution is 7.92. The maximum absolute atomic E-state index is 13.4. The number of hydrogen-bond donors (Lipinski definition) is 1. The molecule has 160 valence electrons. The summed E-state index contributed by atoms with van der Waals surface area (Å²) in [4.78, 5) is 12.8. The van der Waals surface area contributed by atoms with Gasteiger partial charge in [0.05, 0.1) is 23.0 Å². The van der Waals surface area contributed by atoms with Gasteiger partial charge in [0.1, 0.15) is 11.6 Å². The molecule has 3 aromatic rings. The van der Waals surface area contributed by atoms with Gasteiger partial charge in [0.15, 0.2) is 6.10 Å². The Balaban J connectivity index is 1.60. The largest absolute Gasteiger partial charge is 0.476 e. The van der Waals surface area contributed by atoms with Crippen molar-refractivity contribution < 1.29 is 22.3 Å². The third-order valence-corrected chi connectivity index (χ3v) is 6.75. The molecule has 0 fully saturated rings. The molecule has 0 unspecified atom stereocenters. The van der Waals surface area contributed by atoms with Crippen LogP contribution < -0.4 is 14.4 Å². The van der Waals surface area contributed by atoms with E-state index < -0.39 is 27.9 Å². The molecule has 1 atom stereocenters. The molecule has 31 heavy (non-hydrogen) atoms. The molecule has 0 aliphatic carbocycles. The maximum Gasteiger partial charge on any atom is 0.267 e. The third-order valence-electron chi connectivity index (χ3n) is 4.74. The van der Waals surface area contributed by atoms with E-state index in [1.807, 2.05) is 6.07 Å². The second kappa shape index (κ2) is 8.56. The van der Waals surface area contributed by atoms with Crippen molar-refractivity contribution in [3.8, 4) is 5.75 Å². The van der Waals surface area contributed by atoms with E-state index >= 15 is 0 Å². The first-order valence-electron chi connectivity index (χ1n) is 9.39. The standard InChI is InChI=1S/C22H18ClFN2O4S/c23-17-12-16(10-11-18(17)24)25-22(27)21-13-26(19-8-4-5-9-20(19)30-21)31(28,29)14-15-6-2-1-3-7-15/h1-12,21H,13-14H2,(H,25,27)/t21-/m1/s1. The zero-order chi connectivity index (χ0) is 22.0. The van der Waals surface area contributed by atoms with Crippen molar-refractivity contribution in [1.29, 1.82) is 0 Å². The quantitative estimate of drug-likeness (QED) is 0.618. The van der Waals surface area contributed by atoms with Gasteiger partial charge in [-0.1, -0.05) is 54.1 Å². The molecule has 0 saturated carbocycles. The number of carbonyl (C=O) groups is 1. The maximum atomic E-state index is 13.4. The van der Waals surface area contributed by atoms with Crippen LogP contribution in [0.3, 0.4) is 0 Å². The Kier molecular flexibility index (Phi) is 5.84. The SMILES string of the molecule is O=C(Nc1ccc(F)c(Cl)c1)[C@H]1CN(S(=O)(=O)Cc2ccccc2)c2ccccc2O1. The minimum Gasteiger partial charge on any atom is -0.476 e. The van der Waals surface area contributed by atoms with E-state index in [-0.39, 0.29) is 28.8 Å². The van der Waals surface area contributed by atoms with Crippen molar-refractivity contribution >= 4 is 38.9 Å². The number of benzene rings is 3. The fraction of sp³-hybridized carbons (Fsp3) is 0.136. The van der Waals surface area contributed by atoms with Crippen molar-refractivity contribution in [2.24, 2.45) is 0 Å². The average Bonchev–Trinajstić information content (AvgIpc) is 2.76. The number of nitrogens with one attached hydrogen (secondary N) is 1. The zero-order valence-corrected chi connectivity index (χ0v) is 17.7. The van der Waals surface area contributed by atoms with Gasteiger partial charge >= 0.3 is 0 Å². The molecule has 0 saturated heterocycles. The lowest BCUT2D eigenvalue weighted by Crippen LogP contribution is -2.49. The first kappa shape index (κ1) is 21.1. The molecule has 0 spiro atoms. The number of rotatable bonds is 5. The lowest BCUT2D eigenvalue weighted by molar-refractivity contribution is -0.122. The summed E-state index contributed by atoms with van der Waals surface area (Å²) >= 11 is 5.76. The van der Waals surface area contributed by atoms with E-state index in [0.29, 0.717) is 11.3 Å². The van der Waals surface area contributed by atoms with Crippen molar-refractivity contribution in [3.63, 3.8) is 0 Å². The third kappa shape index (κ3) is 4.65. The molecule has 0 aromatic heterocycles. The number of anilines is 2. The van der Waals surface area contributed by atoms with Crippen LogP contribution in [0.15, 0.2) is 72.8 Å². The van der Waals surface area contributed by atoms with E-state index in [2.05, 4.69) is 5.32 Å². The summed E-state index contributed by atoms with van der Waals surface area (Å²) in [5.74, 6) is -1.12. The number of nitrogens with zero attached hydrogens (tertiary/aromatic N) is 1. The molecule has 1 heterocycles. The van der Waals surface area contributed by atoms with Gasteiger partial charge in [-0.15, -0.1) is 0 Å². The van der Waals surface area contributed by atoms with Crippen LogP contribution in [-0.2, 0) is 20.6 Å². The molecular formula is C22H18ClFN2O4S. The molecule has 4 rings (SSSR count). The summed E-state index contributed by atoms with van der Waals surface area (Å²) in [6.07, 6.45) is -1.11. The molecule has 6 nitrogen and oxygen atoms in total. The zero-order valence-electron chi connectivity index (χ0n) is 16.2. The van der Waals surface area contributed by atoms with Crippen LogP contribution >= 0.6 is 11.6 Å². The van der Waals surface area contributed by atoms with Crippen LogP contribution in [0, 0.1) is 5.82 Å². The van der Waals surface area contributed by atoms with E-state index in [4.69, 9.17) is 16.3 Å². The molecule has 3 aromatic carbocycles. The molecule has 0 radical (unpaired) electrons. The molecule has 1 aliphatic rings. The van der Waals surface area contributed by atoms with Gasteiger partial charge in [0.2, 0.25) is 10.0 Å². The Morgan fingerprint density at radius 2 is 1.81 bits per heavy atom. The normalized spacial score (nSPS) is 15.7. The predicted molar refractivity (Wildman–Crippen MR) is 117 cm³/mol. The Bertz CT molecular complexity index is 1220. The number of para-hydroxylation sites is 2. The number of amides is 1. The monoisotopic (exact) mass is 460 g/mol. The van der Waals surface area contributed by atoms with E-state index in [1.165, 1.54) is 16.4 Å². The Hall–Kier alpha value is -3.10. The molecule has 1 N–H and O–H groups in total. The van der Waals surface area contributed by atoms with Crippen molar-refractivity contribution in [3.05, 3.63) is 89.2 Å². The first-order chi connectivity index (χ1) is 14.8. The van der Waals surface area contributed by atoms with Gasteiger partial charge in [-0.2, -0.15) is 0 Å². The van der Waals surface area contributed by atoms with Crippen molar-refractivity contribution in [2.75, 3.05) is 16.2 Å². The van der Waals surface area contributed by atoms with Crippen LogP contribution in [0.5, 0.6) is 5.75 Å².